The van der Waals surface area contributed by atoms with Crippen molar-refractivity contribution in [2.75, 3.05) is 7.11 Å². The minimum absolute atomic E-state index is 0.201. The standard InChI is InChI=1S/C14H12BrNO4/c1-16-7-10(12(20-2)11(15)13(16)17)8-3-5-9(6-4-8)14(18)19/h3-7H,1-2H3,(H,18,19). The summed E-state index contributed by atoms with van der Waals surface area (Å²) >= 11 is 3.22. The van der Waals surface area contributed by atoms with Crippen LogP contribution in [0.4, 0.5) is 0 Å². The molecule has 1 aromatic heterocycles. The largest absolute Gasteiger partial charge is 0.495 e. The Labute approximate surface area is 123 Å². The van der Waals surface area contributed by atoms with Crippen LogP contribution in [0.3, 0.4) is 0 Å². The third kappa shape index (κ3) is 2.46. The van der Waals surface area contributed by atoms with Crippen molar-refractivity contribution in [2.24, 2.45) is 7.05 Å². The number of rotatable bonds is 3. The number of carbonyl (C=O) groups is 1. The van der Waals surface area contributed by atoms with Gasteiger partial charge in [-0.2, -0.15) is 0 Å². The summed E-state index contributed by atoms with van der Waals surface area (Å²) in [7, 11) is 3.12. The summed E-state index contributed by atoms with van der Waals surface area (Å²) in [6.45, 7) is 0. The Bertz CT molecular complexity index is 719. The smallest absolute Gasteiger partial charge is 0.335 e. The van der Waals surface area contributed by atoms with E-state index < -0.39 is 5.97 Å². The molecule has 1 N–H and O–H groups in total. The minimum atomic E-state index is -0.981. The van der Waals surface area contributed by atoms with Gasteiger partial charge in [-0.3, -0.25) is 4.79 Å². The van der Waals surface area contributed by atoms with Crippen LogP contribution in [-0.4, -0.2) is 22.8 Å². The summed E-state index contributed by atoms with van der Waals surface area (Å²) < 4.78 is 7.04. The fourth-order valence-corrected chi connectivity index (χ4v) is 2.53. The molecule has 0 amide bonds. The van der Waals surface area contributed by atoms with Gasteiger partial charge in [-0.15, -0.1) is 0 Å². The van der Waals surface area contributed by atoms with Crippen LogP contribution in [0.2, 0.25) is 0 Å². The molecule has 0 atom stereocenters. The van der Waals surface area contributed by atoms with Crippen LogP contribution in [-0.2, 0) is 7.05 Å². The van der Waals surface area contributed by atoms with E-state index in [-0.39, 0.29) is 11.1 Å². The molecule has 0 aliphatic rings. The van der Waals surface area contributed by atoms with E-state index in [0.29, 0.717) is 15.8 Å². The molecule has 0 spiro atoms. The van der Waals surface area contributed by atoms with Gasteiger partial charge in [0.15, 0.2) is 0 Å². The van der Waals surface area contributed by atoms with Crippen molar-refractivity contribution in [1.82, 2.24) is 4.57 Å². The Morgan fingerprint density at radius 1 is 1.30 bits per heavy atom. The van der Waals surface area contributed by atoms with E-state index in [0.717, 1.165) is 5.56 Å². The van der Waals surface area contributed by atoms with Crippen molar-refractivity contribution in [1.29, 1.82) is 0 Å². The molecule has 0 unspecified atom stereocenters. The number of carboxylic acids is 1. The highest BCUT2D eigenvalue weighted by atomic mass is 79.9. The van der Waals surface area contributed by atoms with Crippen LogP contribution in [0.15, 0.2) is 39.7 Å². The number of aromatic nitrogens is 1. The SMILES string of the molecule is COc1c(-c2ccc(C(=O)O)cc2)cn(C)c(=O)c1Br. The highest BCUT2D eigenvalue weighted by Crippen LogP contribution is 2.33. The summed E-state index contributed by atoms with van der Waals surface area (Å²) in [5, 5.41) is 8.89. The average molecular weight is 338 g/mol. The van der Waals surface area contributed by atoms with Gasteiger partial charge < -0.3 is 14.4 Å². The summed E-state index contributed by atoms with van der Waals surface area (Å²) in [6.07, 6.45) is 1.65. The van der Waals surface area contributed by atoms with Gasteiger partial charge in [-0.25, -0.2) is 4.79 Å². The van der Waals surface area contributed by atoms with Gasteiger partial charge in [0.2, 0.25) is 0 Å². The molecule has 0 fully saturated rings. The summed E-state index contributed by atoms with van der Waals surface area (Å²) in [5.41, 5.74) is 1.48. The molecule has 0 aliphatic heterocycles. The number of ether oxygens (including phenoxy) is 1. The first-order valence-electron chi connectivity index (χ1n) is 5.72. The zero-order valence-corrected chi connectivity index (χ0v) is 12.5. The first kappa shape index (κ1) is 14.3. The second-order valence-electron chi connectivity index (χ2n) is 4.19. The maximum atomic E-state index is 11.8. The number of nitrogens with zero attached hydrogens (tertiary/aromatic N) is 1. The molecule has 2 rings (SSSR count). The zero-order valence-electron chi connectivity index (χ0n) is 10.9. The fourth-order valence-electron chi connectivity index (χ4n) is 1.88. The van der Waals surface area contributed by atoms with E-state index in [2.05, 4.69) is 15.9 Å². The van der Waals surface area contributed by atoms with E-state index in [1.54, 1.807) is 25.4 Å². The number of hydrogen-bond donors (Lipinski definition) is 1. The Morgan fingerprint density at radius 3 is 2.40 bits per heavy atom. The summed E-state index contributed by atoms with van der Waals surface area (Å²) in [4.78, 5) is 22.7. The van der Waals surface area contributed by atoms with Crippen molar-refractivity contribution in [3.63, 3.8) is 0 Å². The number of pyridine rings is 1. The quantitative estimate of drug-likeness (QED) is 0.934. The third-order valence-corrected chi connectivity index (χ3v) is 3.62. The Hall–Kier alpha value is -2.08. The number of carboxylic acid groups (broad SMARTS) is 1. The van der Waals surface area contributed by atoms with Gasteiger partial charge in [0.1, 0.15) is 10.2 Å². The Kier molecular flexibility index (Phi) is 3.94. The van der Waals surface area contributed by atoms with Gasteiger partial charge in [0.25, 0.3) is 5.56 Å². The predicted octanol–water partition coefficient (Wildman–Crippen LogP) is 2.52. The lowest BCUT2D eigenvalue weighted by Crippen LogP contribution is -2.18. The summed E-state index contributed by atoms with van der Waals surface area (Å²) in [6, 6.07) is 6.38. The van der Waals surface area contributed by atoms with E-state index >= 15 is 0 Å². The van der Waals surface area contributed by atoms with E-state index in [9.17, 15) is 9.59 Å². The first-order chi connectivity index (χ1) is 9.45. The Morgan fingerprint density at radius 2 is 1.90 bits per heavy atom. The highest BCUT2D eigenvalue weighted by Gasteiger charge is 2.15. The molecule has 6 heteroatoms. The number of aromatic carboxylic acids is 1. The zero-order chi connectivity index (χ0) is 14.9. The molecule has 1 heterocycles. The maximum absolute atomic E-state index is 11.8. The topological polar surface area (TPSA) is 68.5 Å². The minimum Gasteiger partial charge on any atom is -0.495 e. The van der Waals surface area contributed by atoms with E-state index in [1.807, 2.05) is 0 Å². The van der Waals surface area contributed by atoms with Crippen LogP contribution in [0, 0.1) is 0 Å². The number of benzene rings is 1. The molecule has 104 valence electrons. The van der Waals surface area contributed by atoms with Gasteiger partial charge >= 0.3 is 5.97 Å². The van der Waals surface area contributed by atoms with Crippen LogP contribution >= 0.6 is 15.9 Å². The van der Waals surface area contributed by atoms with Crippen molar-refractivity contribution >= 4 is 21.9 Å². The lowest BCUT2D eigenvalue weighted by atomic mass is 10.0. The van der Waals surface area contributed by atoms with Crippen molar-refractivity contribution < 1.29 is 14.6 Å². The molecule has 2 aromatic rings. The first-order valence-corrected chi connectivity index (χ1v) is 6.52. The molecule has 0 bridgehead atoms. The number of methoxy groups -OCH3 is 1. The molecule has 0 aliphatic carbocycles. The van der Waals surface area contributed by atoms with Gasteiger partial charge in [0, 0.05) is 18.8 Å². The normalized spacial score (nSPS) is 10.3. The van der Waals surface area contributed by atoms with Gasteiger partial charge in [-0.1, -0.05) is 12.1 Å². The van der Waals surface area contributed by atoms with E-state index in [1.165, 1.54) is 23.8 Å². The van der Waals surface area contributed by atoms with Crippen LogP contribution in [0.5, 0.6) is 5.75 Å². The van der Waals surface area contributed by atoms with Crippen LogP contribution in [0.1, 0.15) is 10.4 Å². The highest BCUT2D eigenvalue weighted by molar-refractivity contribution is 9.10. The molecule has 0 saturated heterocycles. The van der Waals surface area contributed by atoms with Crippen molar-refractivity contribution in [3.8, 4) is 16.9 Å². The lowest BCUT2D eigenvalue weighted by Gasteiger charge is -2.12. The molecule has 0 saturated carbocycles. The van der Waals surface area contributed by atoms with Crippen LogP contribution < -0.4 is 10.3 Å². The number of halogens is 1. The Balaban J connectivity index is 2.63. The molecule has 5 nitrogen and oxygen atoms in total. The summed E-state index contributed by atoms with van der Waals surface area (Å²) in [5.74, 6) is -0.554. The fraction of sp³-hybridized carbons (Fsp3) is 0.143. The lowest BCUT2D eigenvalue weighted by molar-refractivity contribution is 0.0697. The molecular weight excluding hydrogens is 326 g/mol. The molecular formula is C14H12BrNO4. The predicted molar refractivity (Wildman–Crippen MR) is 78.3 cm³/mol. The number of aryl methyl sites for hydroxylation is 1. The average Bonchev–Trinajstić information content (AvgIpc) is 2.44. The second kappa shape index (κ2) is 5.50. The van der Waals surface area contributed by atoms with Crippen molar-refractivity contribution in [2.45, 2.75) is 0 Å². The van der Waals surface area contributed by atoms with Crippen LogP contribution in [0.25, 0.3) is 11.1 Å². The van der Waals surface area contributed by atoms with E-state index in [4.69, 9.17) is 9.84 Å². The molecule has 1 aromatic carbocycles. The second-order valence-corrected chi connectivity index (χ2v) is 4.98. The molecule has 0 radical (unpaired) electrons. The number of hydrogen-bond acceptors (Lipinski definition) is 3. The monoisotopic (exact) mass is 337 g/mol. The van der Waals surface area contributed by atoms with Gasteiger partial charge in [0.05, 0.1) is 12.7 Å². The maximum Gasteiger partial charge on any atom is 0.335 e. The third-order valence-electron chi connectivity index (χ3n) is 2.92. The van der Waals surface area contributed by atoms with Gasteiger partial charge in [-0.05, 0) is 33.6 Å². The molecule has 20 heavy (non-hydrogen) atoms. The van der Waals surface area contributed by atoms with Crippen molar-refractivity contribution in [3.05, 3.63) is 50.9 Å².